The van der Waals surface area contributed by atoms with E-state index in [1.807, 2.05) is 26.0 Å². The van der Waals surface area contributed by atoms with Crippen molar-refractivity contribution in [1.82, 2.24) is 34.6 Å². The molecule has 4 rings (SSSR count). The number of amides is 2. The van der Waals surface area contributed by atoms with Crippen molar-refractivity contribution >= 4 is 28.5 Å². The van der Waals surface area contributed by atoms with E-state index < -0.39 is 5.91 Å². The molecule has 0 aliphatic carbocycles. The van der Waals surface area contributed by atoms with Gasteiger partial charge in [0.2, 0.25) is 11.7 Å². The number of anilines is 1. The molecule has 0 atom stereocenters. The maximum absolute atomic E-state index is 12.4. The molecular weight excluding hydrogens is 412 g/mol. The van der Waals surface area contributed by atoms with Gasteiger partial charge in [0.05, 0.1) is 11.7 Å². The van der Waals surface area contributed by atoms with E-state index in [1.54, 1.807) is 18.3 Å². The van der Waals surface area contributed by atoms with E-state index in [9.17, 15) is 14.4 Å². The monoisotopic (exact) mass is 434 g/mol. The number of nitrogens with one attached hydrogen (secondary N) is 3. The van der Waals surface area contributed by atoms with Crippen LogP contribution in [-0.4, -0.2) is 47.7 Å². The summed E-state index contributed by atoms with van der Waals surface area (Å²) in [4.78, 5) is 47.9. The van der Waals surface area contributed by atoms with Gasteiger partial charge in [-0.25, -0.2) is 14.6 Å². The Kier molecular flexibility index (Phi) is 5.79. The zero-order chi connectivity index (χ0) is 22.7. The number of aryl methyl sites for hydroxylation is 2. The number of H-pyrrole nitrogens is 1. The van der Waals surface area contributed by atoms with Crippen LogP contribution in [0.4, 0.5) is 5.69 Å². The SMILES string of the molecule is Cc1ccc(NC(=O)c2ncn(CC(=O)NCCn3cnc4[nH]ccc4c3=O)n2)cc1C. The minimum atomic E-state index is -0.459. The molecule has 0 radical (unpaired) electrons. The molecule has 4 aromatic rings. The van der Waals surface area contributed by atoms with E-state index in [0.717, 1.165) is 11.1 Å². The quantitative estimate of drug-likeness (QED) is 0.397. The second-order valence-corrected chi connectivity index (χ2v) is 7.35. The summed E-state index contributed by atoms with van der Waals surface area (Å²) in [6.07, 6.45) is 4.41. The number of benzene rings is 1. The number of aromatic nitrogens is 6. The zero-order valence-electron chi connectivity index (χ0n) is 17.6. The molecular formula is C21H22N8O3. The average Bonchev–Trinajstić information content (AvgIpc) is 3.42. The molecule has 0 aliphatic heterocycles. The third-order valence-corrected chi connectivity index (χ3v) is 5.03. The fourth-order valence-electron chi connectivity index (χ4n) is 3.13. The number of carbonyl (C=O) groups excluding carboxylic acids is 2. The van der Waals surface area contributed by atoms with Gasteiger partial charge in [0.1, 0.15) is 18.5 Å². The van der Waals surface area contributed by atoms with Gasteiger partial charge in [0, 0.05) is 25.0 Å². The summed E-state index contributed by atoms with van der Waals surface area (Å²) < 4.78 is 2.71. The first kappa shape index (κ1) is 21.0. The second-order valence-electron chi connectivity index (χ2n) is 7.35. The van der Waals surface area contributed by atoms with Crippen molar-refractivity contribution in [2.24, 2.45) is 0 Å². The van der Waals surface area contributed by atoms with Crippen molar-refractivity contribution in [3.63, 3.8) is 0 Å². The fourth-order valence-corrected chi connectivity index (χ4v) is 3.13. The van der Waals surface area contributed by atoms with E-state index in [4.69, 9.17) is 0 Å². The van der Waals surface area contributed by atoms with E-state index in [1.165, 1.54) is 21.9 Å². The molecule has 0 aliphatic rings. The van der Waals surface area contributed by atoms with Crippen molar-refractivity contribution < 1.29 is 9.59 Å². The van der Waals surface area contributed by atoms with Crippen molar-refractivity contribution in [3.05, 3.63) is 70.4 Å². The zero-order valence-corrected chi connectivity index (χ0v) is 17.6. The van der Waals surface area contributed by atoms with E-state index in [-0.39, 0.29) is 36.9 Å². The first-order valence-corrected chi connectivity index (χ1v) is 9.98. The molecule has 32 heavy (non-hydrogen) atoms. The van der Waals surface area contributed by atoms with Gasteiger partial charge in [0.25, 0.3) is 11.5 Å². The summed E-state index contributed by atoms with van der Waals surface area (Å²) in [6.45, 7) is 4.37. The van der Waals surface area contributed by atoms with Crippen LogP contribution in [0.1, 0.15) is 21.7 Å². The molecule has 3 heterocycles. The number of carbonyl (C=O) groups is 2. The summed E-state index contributed by atoms with van der Waals surface area (Å²) >= 11 is 0. The predicted molar refractivity (Wildman–Crippen MR) is 117 cm³/mol. The molecule has 0 saturated heterocycles. The van der Waals surface area contributed by atoms with Gasteiger partial charge in [-0.05, 0) is 43.2 Å². The Morgan fingerprint density at radius 3 is 2.75 bits per heavy atom. The van der Waals surface area contributed by atoms with Crippen molar-refractivity contribution in [2.75, 3.05) is 11.9 Å². The molecule has 0 fully saturated rings. The predicted octanol–water partition coefficient (Wildman–Crippen LogP) is 1.00. The first-order chi connectivity index (χ1) is 15.4. The van der Waals surface area contributed by atoms with Crippen LogP contribution in [0.5, 0.6) is 0 Å². The van der Waals surface area contributed by atoms with Crippen LogP contribution in [0.25, 0.3) is 11.0 Å². The molecule has 11 nitrogen and oxygen atoms in total. The van der Waals surface area contributed by atoms with Crippen molar-refractivity contribution in [1.29, 1.82) is 0 Å². The smallest absolute Gasteiger partial charge is 0.295 e. The lowest BCUT2D eigenvalue weighted by Crippen LogP contribution is -2.33. The summed E-state index contributed by atoms with van der Waals surface area (Å²) in [5.41, 5.74) is 3.18. The highest BCUT2D eigenvalue weighted by molar-refractivity contribution is 6.01. The van der Waals surface area contributed by atoms with Crippen molar-refractivity contribution in [3.8, 4) is 0 Å². The van der Waals surface area contributed by atoms with Crippen molar-refractivity contribution in [2.45, 2.75) is 26.9 Å². The number of nitrogens with zero attached hydrogens (tertiary/aromatic N) is 5. The molecule has 1 aromatic carbocycles. The number of aromatic amines is 1. The Hall–Kier alpha value is -4.28. The van der Waals surface area contributed by atoms with E-state index in [2.05, 4.69) is 30.7 Å². The largest absolute Gasteiger partial charge is 0.353 e. The normalized spacial score (nSPS) is 10.9. The summed E-state index contributed by atoms with van der Waals surface area (Å²) in [6, 6.07) is 7.26. The Bertz CT molecular complexity index is 1350. The summed E-state index contributed by atoms with van der Waals surface area (Å²) in [5, 5.41) is 10.0. The van der Waals surface area contributed by atoms with Gasteiger partial charge in [-0.1, -0.05) is 6.07 Å². The van der Waals surface area contributed by atoms with Gasteiger partial charge >= 0.3 is 0 Å². The number of fused-ring (bicyclic) bond motifs is 1. The van der Waals surface area contributed by atoms with Crippen LogP contribution < -0.4 is 16.2 Å². The standard InChI is InChI=1S/C21H22N8O3/c1-13-3-4-15(9-14(13)2)26-20(31)19-25-12-29(27-19)10-17(30)22-7-8-28-11-24-18-16(21(28)32)5-6-23-18/h3-6,9,11-12,23H,7-8,10H2,1-2H3,(H,22,30)(H,26,31). The third-order valence-electron chi connectivity index (χ3n) is 5.03. The lowest BCUT2D eigenvalue weighted by molar-refractivity contribution is -0.121. The molecule has 0 saturated carbocycles. The second kappa shape index (κ2) is 8.84. The number of rotatable bonds is 7. The number of hydrogen-bond acceptors (Lipinski definition) is 6. The van der Waals surface area contributed by atoms with Crippen LogP contribution in [0.2, 0.25) is 0 Å². The summed E-state index contributed by atoms with van der Waals surface area (Å²) in [7, 11) is 0. The number of hydrogen-bond donors (Lipinski definition) is 3. The first-order valence-electron chi connectivity index (χ1n) is 9.98. The Morgan fingerprint density at radius 1 is 1.09 bits per heavy atom. The Balaban J connectivity index is 1.29. The van der Waals surface area contributed by atoms with Crippen LogP contribution in [0.3, 0.4) is 0 Å². The molecule has 0 unspecified atom stereocenters. The average molecular weight is 434 g/mol. The van der Waals surface area contributed by atoms with Gasteiger partial charge in [0.15, 0.2) is 0 Å². The molecule has 0 bridgehead atoms. The highest BCUT2D eigenvalue weighted by atomic mass is 16.2. The maximum atomic E-state index is 12.4. The fraction of sp³-hybridized carbons (Fsp3) is 0.238. The van der Waals surface area contributed by atoms with Crippen LogP contribution in [0.15, 0.2) is 47.9 Å². The van der Waals surface area contributed by atoms with Crippen LogP contribution >= 0.6 is 0 Å². The molecule has 3 aromatic heterocycles. The Labute approximate surface area is 182 Å². The topological polar surface area (TPSA) is 140 Å². The van der Waals surface area contributed by atoms with Crippen LogP contribution in [-0.2, 0) is 17.9 Å². The van der Waals surface area contributed by atoms with Crippen LogP contribution in [0, 0.1) is 13.8 Å². The Morgan fingerprint density at radius 2 is 1.94 bits per heavy atom. The maximum Gasteiger partial charge on any atom is 0.295 e. The molecule has 11 heteroatoms. The van der Waals surface area contributed by atoms with Gasteiger partial charge < -0.3 is 15.6 Å². The molecule has 2 amide bonds. The molecule has 0 spiro atoms. The minimum Gasteiger partial charge on any atom is -0.353 e. The highest BCUT2D eigenvalue weighted by Gasteiger charge is 2.14. The lowest BCUT2D eigenvalue weighted by Gasteiger charge is -2.07. The third kappa shape index (κ3) is 4.56. The van der Waals surface area contributed by atoms with Gasteiger partial charge in [-0.15, -0.1) is 5.10 Å². The molecule has 3 N–H and O–H groups in total. The van der Waals surface area contributed by atoms with Gasteiger partial charge in [-0.3, -0.25) is 19.0 Å². The van der Waals surface area contributed by atoms with E-state index in [0.29, 0.717) is 16.7 Å². The van der Waals surface area contributed by atoms with E-state index >= 15 is 0 Å². The molecule has 164 valence electrons. The highest BCUT2D eigenvalue weighted by Crippen LogP contribution is 2.14. The lowest BCUT2D eigenvalue weighted by atomic mass is 10.1. The summed E-state index contributed by atoms with van der Waals surface area (Å²) in [5.74, 6) is -0.812. The van der Waals surface area contributed by atoms with Gasteiger partial charge in [-0.2, -0.15) is 0 Å². The minimum absolute atomic E-state index is 0.0338.